The van der Waals surface area contributed by atoms with Gasteiger partial charge >= 0.3 is 0 Å². The molecule has 2 atom stereocenters. The third-order valence-corrected chi connectivity index (χ3v) is 12.2. The molecule has 64 heavy (non-hydrogen) atoms. The molecule has 0 radical (unpaired) electrons. The smallest absolute Gasteiger partial charge is 0.220 e. The lowest BCUT2D eigenvalue weighted by Gasteiger charge is -2.19. The maximum Gasteiger partial charge on any atom is 0.220 e. The summed E-state index contributed by atoms with van der Waals surface area (Å²) in [6, 6.07) is 24.1. The number of ether oxygens (including phenoxy) is 3. The molecular formula is C49H52Cl2N8O5. The Kier molecular flexibility index (Phi) is 15.9. The number of hydrogen-bond acceptors (Lipinski definition) is 11. The second-order valence-corrected chi connectivity index (χ2v) is 16.7. The van der Waals surface area contributed by atoms with E-state index in [1.54, 1.807) is 19.4 Å². The first-order valence-corrected chi connectivity index (χ1v) is 22.1. The summed E-state index contributed by atoms with van der Waals surface area (Å²) in [4.78, 5) is 26.7. The highest BCUT2D eigenvalue weighted by atomic mass is 35.5. The van der Waals surface area contributed by atoms with E-state index in [-0.39, 0.29) is 24.6 Å². The van der Waals surface area contributed by atoms with Crippen LogP contribution in [0.25, 0.3) is 22.0 Å². The molecule has 15 heteroatoms. The number of nitrogens with one attached hydrogen (secondary N) is 4. The Hall–Kier alpha value is -6.01. The zero-order valence-electron chi connectivity index (χ0n) is 36.2. The number of halogens is 2. The molecular weight excluding hydrogens is 851 g/mol. The Bertz CT molecular complexity index is 2650. The Balaban J connectivity index is 1.08. The fourth-order valence-corrected chi connectivity index (χ4v) is 8.44. The van der Waals surface area contributed by atoms with Crippen LogP contribution in [0.4, 0.5) is 0 Å². The minimum Gasteiger partial charge on any atom is -0.496 e. The van der Waals surface area contributed by atoms with E-state index in [9.17, 15) is 14.9 Å². The number of carbonyl (C=O) groups is 2. The van der Waals surface area contributed by atoms with Gasteiger partial charge in [0.15, 0.2) is 0 Å². The maximum absolute atomic E-state index is 11.6. The molecule has 332 valence electrons. The number of nitrogens with zero attached hydrogens (tertiary/aromatic N) is 4. The summed E-state index contributed by atoms with van der Waals surface area (Å²) in [6.45, 7) is 5.32. The van der Waals surface area contributed by atoms with Gasteiger partial charge in [-0.15, -0.1) is 0 Å². The van der Waals surface area contributed by atoms with Crippen molar-refractivity contribution in [1.29, 1.82) is 5.26 Å². The fraction of sp³-hybridized carbons (Fsp3) is 0.327. The van der Waals surface area contributed by atoms with Crippen LogP contribution >= 0.6 is 23.2 Å². The van der Waals surface area contributed by atoms with Gasteiger partial charge in [0, 0.05) is 96.7 Å². The first-order chi connectivity index (χ1) is 31.2. The van der Waals surface area contributed by atoms with Crippen molar-refractivity contribution in [2.75, 3.05) is 27.2 Å². The summed E-state index contributed by atoms with van der Waals surface area (Å²) in [7, 11) is 3.51. The SMILES string of the molecule is CNC(CCC=O)CNCc1cc(Cl)c(Cn2ncc3c(-c4cccc(COc5cc(OC)c(CNCC6CCC(=O)N6)cc5Cl)c4C)cccc32)cc1OCc1cncc(C#N)c1. The highest BCUT2D eigenvalue weighted by molar-refractivity contribution is 6.32. The lowest BCUT2D eigenvalue weighted by atomic mass is 9.94. The van der Waals surface area contributed by atoms with Gasteiger partial charge in [0.05, 0.1) is 36.0 Å². The topological polar surface area (TPSA) is 164 Å². The van der Waals surface area contributed by atoms with Crippen LogP contribution in [-0.4, -0.2) is 66.3 Å². The van der Waals surface area contributed by atoms with E-state index < -0.39 is 0 Å². The number of rotatable bonds is 22. The molecule has 2 aromatic heterocycles. The van der Waals surface area contributed by atoms with Crippen molar-refractivity contribution in [3.05, 3.63) is 134 Å². The number of aldehydes is 1. The standard InChI is InChI=1S/C49H52Cl2N8O5/c1-31-34(30-64-48-19-46(62-3)35(17-44(48)51)23-56-26-39-12-13-49(61)58-39)7-4-9-40(31)41-10-5-11-45-42(41)27-57-59(45)28-37-18-47(63-29-33-15-32(20-52)21-54-22-33)36(16-43(37)50)24-55-25-38(53-2)8-6-14-60/h4-5,7,9-11,14-19,21-22,27,38-39,53,55-56H,6,8,12-13,23-26,28-30H2,1-3H3,(H,58,61). The van der Waals surface area contributed by atoms with Crippen molar-refractivity contribution in [2.24, 2.45) is 0 Å². The van der Waals surface area contributed by atoms with E-state index in [4.69, 9.17) is 42.5 Å². The van der Waals surface area contributed by atoms with Gasteiger partial charge in [0.2, 0.25) is 5.91 Å². The van der Waals surface area contributed by atoms with Crippen LogP contribution in [-0.2, 0) is 42.4 Å². The predicted molar refractivity (Wildman–Crippen MR) is 249 cm³/mol. The summed E-state index contributed by atoms with van der Waals surface area (Å²) in [5, 5.41) is 29.4. The Morgan fingerprint density at radius 3 is 2.48 bits per heavy atom. The Morgan fingerprint density at radius 2 is 1.70 bits per heavy atom. The van der Waals surface area contributed by atoms with E-state index in [0.717, 1.165) is 74.5 Å². The highest BCUT2D eigenvalue weighted by Crippen LogP contribution is 2.36. The molecule has 4 aromatic carbocycles. The second-order valence-electron chi connectivity index (χ2n) is 15.8. The first kappa shape index (κ1) is 46.0. The summed E-state index contributed by atoms with van der Waals surface area (Å²) in [6.07, 6.45) is 8.62. The third kappa shape index (κ3) is 11.4. The quantitative estimate of drug-likeness (QED) is 0.0491. The van der Waals surface area contributed by atoms with E-state index in [1.807, 2.05) is 54.3 Å². The molecule has 1 amide bonds. The number of nitriles is 1. The largest absolute Gasteiger partial charge is 0.496 e. The van der Waals surface area contributed by atoms with Crippen LogP contribution in [0.2, 0.25) is 10.0 Å². The average Bonchev–Trinajstić information content (AvgIpc) is 3.93. The lowest BCUT2D eigenvalue weighted by molar-refractivity contribution is -0.119. The molecule has 0 saturated carbocycles. The molecule has 1 aliphatic rings. The molecule has 0 bridgehead atoms. The van der Waals surface area contributed by atoms with E-state index in [2.05, 4.69) is 63.5 Å². The number of hydrogen-bond donors (Lipinski definition) is 4. The predicted octanol–water partition coefficient (Wildman–Crippen LogP) is 7.83. The summed E-state index contributed by atoms with van der Waals surface area (Å²) < 4.78 is 20.4. The number of benzene rings is 4. The molecule has 13 nitrogen and oxygen atoms in total. The molecule has 1 fully saturated rings. The molecule has 0 aliphatic carbocycles. The fourth-order valence-electron chi connectivity index (χ4n) is 7.96. The van der Waals surface area contributed by atoms with Gasteiger partial charge in [0.25, 0.3) is 0 Å². The number of pyridine rings is 1. The van der Waals surface area contributed by atoms with Gasteiger partial charge in [-0.2, -0.15) is 10.4 Å². The molecule has 2 unspecified atom stereocenters. The summed E-state index contributed by atoms with van der Waals surface area (Å²) in [5.41, 5.74) is 8.93. The van der Waals surface area contributed by atoms with E-state index in [1.165, 1.54) is 6.20 Å². The number of aromatic nitrogens is 3. The summed E-state index contributed by atoms with van der Waals surface area (Å²) in [5.74, 6) is 1.92. The van der Waals surface area contributed by atoms with Gasteiger partial charge in [-0.3, -0.25) is 14.5 Å². The molecule has 0 spiro atoms. The number of likely N-dealkylation sites (N-methyl/N-ethyl adjacent to an activating group) is 1. The zero-order valence-corrected chi connectivity index (χ0v) is 37.7. The van der Waals surface area contributed by atoms with Crippen molar-refractivity contribution in [1.82, 2.24) is 36.0 Å². The normalized spacial score (nSPS) is 14.0. The van der Waals surface area contributed by atoms with Gasteiger partial charge in [-0.05, 0) is 85.0 Å². The van der Waals surface area contributed by atoms with Gasteiger partial charge in [-0.25, -0.2) is 0 Å². The monoisotopic (exact) mass is 902 g/mol. The number of amides is 1. The molecule has 1 aliphatic heterocycles. The van der Waals surface area contributed by atoms with Gasteiger partial charge < -0.3 is 40.3 Å². The van der Waals surface area contributed by atoms with Crippen molar-refractivity contribution in [3.63, 3.8) is 0 Å². The lowest BCUT2D eigenvalue weighted by Crippen LogP contribution is -2.36. The van der Waals surface area contributed by atoms with Crippen LogP contribution in [0.15, 0.2) is 85.3 Å². The molecule has 4 N–H and O–H groups in total. The molecule has 7 rings (SSSR count). The zero-order chi connectivity index (χ0) is 45.0. The van der Waals surface area contributed by atoms with Crippen molar-refractivity contribution >= 4 is 46.3 Å². The second kappa shape index (κ2) is 22.1. The van der Waals surface area contributed by atoms with Crippen molar-refractivity contribution in [2.45, 2.75) is 77.5 Å². The third-order valence-electron chi connectivity index (χ3n) is 11.5. The van der Waals surface area contributed by atoms with E-state index >= 15 is 0 Å². The van der Waals surface area contributed by atoms with Gasteiger partial charge in [-0.1, -0.05) is 53.5 Å². The molecule has 3 heterocycles. The minimum atomic E-state index is 0.0914. The molecule has 1 saturated heterocycles. The van der Waals surface area contributed by atoms with Crippen molar-refractivity contribution < 1.29 is 23.8 Å². The van der Waals surface area contributed by atoms with Crippen LogP contribution < -0.4 is 35.5 Å². The summed E-state index contributed by atoms with van der Waals surface area (Å²) >= 11 is 13.8. The number of methoxy groups -OCH3 is 1. The van der Waals surface area contributed by atoms with Crippen LogP contribution in [0.1, 0.15) is 64.6 Å². The van der Waals surface area contributed by atoms with Crippen LogP contribution in [0.3, 0.4) is 0 Å². The highest BCUT2D eigenvalue weighted by Gasteiger charge is 2.21. The van der Waals surface area contributed by atoms with E-state index in [0.29, 0.717) is 85.0 Å². The van der Waals surface area contributed by atoms with Crippen LogP contribution in [0.5, 0.6) is 17.2 Å². The Labute approximate surface area is 383 Å². The maximum atomic E-state index is 11.6. The Morgan fingerprint density at radius 1 is 0.922 bits per heavy atom. The van der Waals surface area contributed by atoms with Crippen molar-refractivity contribution in [3.8, 4) is 34.4 Å². The molecule has 6 aromatic rings. The number of carbonyl (C=O) groups excluding carboxylic acids is 2. The average molecular weight is 904 g/mol. The van der Waals surface area contributed by atoms with Gasteiger partial charge in [0.1, 0.15) is 42.8 Å². The number of fused-ring (bicyclic) bond motifs is 1. The van der Waals surface area contributed by atoms with Crippen LogP contribution in [0, 0.1) is 18.3 Å². The minimum absolute atomic E-state index is 0.0914. The first-order valence-electron chi connectivity index (χ1n) is 21.3.